The topological polar surface area (TPSA) is 76.6 Å². The molecule has 1 amide bonds. The second-order valence-corrected chi connectivity index (χ2v) is 8.96. The number of carbonyl (C=O) groups is 1. The summed E-state index contributed by atoms with van der Waals surface area (Å²) in [6.07, 6.45) is 2.62. The first-order valence-corrected chi connectivity index (χ1v) is 12.0. The van der Waals surface area contributed by atoms with Crippen LogP contribution in [0.25, 0.3) is 11.6 Å². The first-order valence-electron chi connectivity index (χ1n) is 11.1. The molecule has 0 spiro atoms. The lowest BCUT2D eigenvalue weighted by Crippen LogP contribution is -2.48. The number of benzene rings is 1. The lowest BCUT2D eigenvalue weighted by Gasteiger charge is -2.34. The number of furan rings is 1. The fourth-order valence-electron chi connectivity index (χ4n) is 4.24. The molecule has 1 aromatic carbocycles. The van der Waals surface area contributed by atoms with Crippen LogP contribution >= 0.6 is 11.8 Å². The highest BCUT2D eigenvalue weighted by atomic mass is 32.2. The molecule has 2 aliphatic heterocycles. The van der Waals surface area contributed by atoms with Gasteiger partial charge in [0.05, 0.1) is 18.6 Å². The average Bonchev–Trinajstić information content (AvgIpc) is 3.57. The minimum absolute atomic E-state index is 0.148. The van der Waals surface area contributed by atoms with Crippen LogP contribution in [0.3, 0.4) is 0 Å². The number of aromatic nitrogens is 3. The summed E-state index contributed by atoms with van der Waals surface area (Å²) in [7, 11) is 0. The second-order valence-electron chi connectivity index (χ2n) is 8.01. The molecule has 0 N–H and O–H groups in total. The highest BCUT2D eigenvalue weighted by molar-refractivity contribution is 7.99. The molecule has 0 bridgehead atoms. The van der Waals surface area contributed by atoms with Crippen LogP contribution in [0.15, 0.2) is 46.2 Å². The normalized spacial score (nSPS) is 16.2. The number of piperazine rings is 1. The number of thioether (sulfide) groups is 1. The number of fused-ring (bicyclic) bond motifs is 1. The Morgan fingerprint density at radius 3 is 2.81 bits per heavy atom. The first-order chi connectivity index (χ1) is 15.7. The van der Waals surface area contributed by atoms with E-state index in [-0.39, 0.29) is 5.91 Å². The van der Waals surface area contributed by atoms with Crippen LogP contribution < -0.4 is 4.74 Å². The molecule has 0 aliphatic carbocycles. The van der Waals surface area contributed by atoms with E-state index in [2.05, 4.69) is 33.3 Å². The van der Waals surface area contributed by atoms with E-state index >= 15 is 0 Å². The largest absolute Gasteiger partial charge is 0.493 e. The van der Waals surface area contributed by atoms with Gasteiger partial charge >= 0.3 is 0 Å². The van der Waals surface area contributed by atoms with Crippen LogP contribution in [-0.2, 0) is 24.3 Å². The Hall–Kier alpha value is -2.78. The zero-order valence-electron chi connectivity index (χ0n) is 18.2. The third-order valence-corrected chi connectivity index (χ3v) is 6.94. The maximum absolute atomic E-state index is 12.8. The zero-order valence-corrected chi connectivity index (χ0v) is 19.0. The minimum atomic E-state index is 0.148. The molecule has 0 unspecified atom stereocenters. The second kappa shape index (κ2) is 9.38. The molecule has 0 atom stereocenters. The number of carbonyl (C=O) groups excluding carboxylic acids is 1. The Morgan fingerprint density at radius 1 is 1.16 bits per heavy atom. The van der Waals surface area contributed by atoms with Crippen molar-refractivity contribution in [3.63, 3.8) is 0 Å². The van der Waals surface area contributed by atoms with Crippen LogP contribution in [0.1, 0.15) is 18.1 Å². The van der Waals surface area contributed by atoms with E-state index < -0.39 is 0 Å². The van der Waals surface area contributed by atoms with E-state index in [1.807, 2.05) is 28.5 Å². The third-order valence-electron chi connectivity index (χ3n) is 5.98. The van der Waals surface area contributed by atoms with Crippen LogP contribution in [0.4, 0.5) is 0 Å². The molecule has 2 aliphatic rings. The molecule has 2 aromatic heterocycles. The van der Waals surface area contributed by atoms with Crippen molar-refractivity contribution in [3.05, 3.63) is 47.7 Å². The molecule has 32 heavy (non-hydrogen) atoms. The summed E-state index contributed by atoms with van der Waals surface area (Å²) in [6.45, 7) is 7.74. The number of hydrogen-bond donors (Lipinski definition) is 0. The van der Waals surface area contributed by atoms with Gasteiger partial charge in [0, 0.05) is 45.7 Å². The molecule has 0 radical (unpaired) electrons. The summed E-state index contributed by atoms with van der Waals surface area (Å²) in [6, 6.07) is 10.2. The van der Waals surface area contributed by atoms with Gasteiger partial charge in [0.1, 0.15) is 5.75 Å². The Morgan fingerprint density at radius 2 is 2.03 bits per heavy atom. The summed E-state index contributed by atoms with van der Waals surface area (Å²) in [4.78, 5) is 17.2. The van der Waals surface area contributed by atoms with Gasteiger partial charge in [0.25, 0.3) is 0 Å². The molecule has 1 saturated heterocycles. The maximum Gasteiger partial charge on any atom is 0.233 e. The molecular weight excluding hydrogens is 426 g/mol. The Kier molecular flexibility index (Phi) is 6.18. The van der Waals surface area contributed by atoms with Crippen LogP contribution in [0.2, 0.25) is 0 Å². The van der Waals surface area contributed by atoms with Gasteiger partial charge in [-0.1, -0.05) is 23.9 Å². The van der Waals surface area contributed by atoms with Crippen molar-refractivity contribution in [1.29, 1.82) is 0 Å². The van der Waals surface area contributed by atoms with Gasteiger partial charge in [0.15, 0.2) is 16.7 Å². The van der Waals surface area contributed by atoms with Crippen molar-refractivity contribution >= 4 is 17.7 Å². The van der Waals surface area contributed by atoms with Crippen molar-refractivity contribution in [2.75, 3.05) is 38.5 Å². The molecule has 168 valence electrons. The fraction of sp³-hybridized carbons (Fsp3) is 0.435. The van der Waals surface area contributed by atoms with Crippen molar-refractivity contribution in [2.24, 2.45) is 0 Å². The fourth-order valence-corrected chi connectivity index (χ4v) is 5.14. The smallest absolute Gasteiger partial charge is 0.233 e. The minimum Gasteiger partial charge on any atom is -0.493 e. The summed E-state index contributed by atoms with van der Waals surface area (Å²) in [5, 5.41) is 9.26. The Balaban J connectivity index is 1.12. The average molecular weight is 454 g/mol. The molecule has 0 saturated carbocycles. The number of nitrogens with zero attached hydrogens (tertiary/aromatic N) is 5. The van der Waals surface area contributed by atoms with Crippen molar-refractivity contribution < 1.29 is 13.9 Å². The number of hydrogen-bond acceptors (Lipinski definition) is 7. The molecule has 3 aromatic rings. The summed E-state index contributed by atoms with van der Waals surface area (Å²) < 4.78 is 13.0. The number of amides is 1. The standard InChI is InChI=1S/C23H27N5O3S/c1-2-28-22(20-4-3-12-30-20)24-25-23(28)32-16-21(29)27-10-8-26(9-11-27)15-17-5-6-19-18(14-17)7-13-31-19/h3-6,12,14H,2,7-11,13,15-16H2,1H3. The maximum atomic E-state index is 12.8. The van der Waals surface area contributed by atoms with Gasteiger partial charge in [-0.15, -0.1) is 10.2 Å². The van der Waals surface area contributed by atoms with Crippen molar-refractivity contribution in [3.8, 4) is 17.3 Å². The lowest BCUT2D eigenvalue weighted by molar-refractivity contribution is -0.130. The highest BCUT2D eigenvalue weighted by Gasteiger charge is 2.23. The van der Waals surface area contributed by atoms with Crippen LogP contribution in [0.5, 0.6) is 5.75 Å². The van der Waals surface area contributed by atoms with E-state index in [0.29, 0.717) is 23.9 Å². The van der Waals surface area contributed by atoms with Gasteiger partial charge in [-0.25, -0.2) is 0 Å². The quantitative estimate of drug-likeness (QED) is 0.509. The van der Waals surface area contributed by atoms with Gasteiger partial charge in [-0.2, -0.15) is 0 Å². The lowest BCUT2D eigenvalue weighted by atomic mass is 10.1. The summed E-state index contributed by atoms with van der Waals surface area (Å²) in [5.74, 6) is 2.91. The highest BCUT2D eigenvalue weighted by Crippen LogP contribution is 2.27. The van der Waals surface area contributed by atoms with Gasteiger partial charge < -0.3 is 14.1 Å². The molecule has 5 rings (SSSR count). The zero-order chi connectivity index (χ0) is 21.9. The van der Waals surface area contributed by atoms with E-state index in [9.17, 15) is 4.79 Å². The van der Waals surface area contributed by atoms with Crippen LogP contribution in [-0.4, -0.2) is 69.0 Å². The predicted octanol–water partition coefficient (Wildman–Crippen LogP) is 2.93. The van der Waals surface area contributed by atoms with E-state index in [0.717, 1.165) is 56.7 Å². The molecule has 1 fully saturated rings. The van der Waals surface area contributed by atoms with Gasteiger partial charge in [-0.05, 0) is 36.2 Å². The summed E-state index contributed by atoms with van der Waals surface area (Å²) >= 11 is 1.44. The third kappa shape index (κ3) is 4.40. The molecule has 9 heteroatoms. The number of rotatable bonds is 7. The molecule has 8 nitrogen and oxygen atoms in total. The monoisotopic (exact) mass is 453 g/mol. The predicted molar refractivity (Wildman–Crippen MR) is 122 cm³/mol. The van der Waals surface area contributed by atoms with Crippen molar-refractivity contribution in [2.45, 2.75) is 31.6 Å². The van der Waals surface area contributed by atoms with Gasteiger partial charge in [-0.3, -0.25) is 14.3 Å². The molecular formula is C23H27N5O3S. The first kappa shape index (κ1) is 21.1. The number of ether oxygens (including phenoxy) is 1. The van der Waals surface area contributed by atoms with Gasteiger partial charge in [0.2, 0.25) is 5.91 Å². The molecule has 4 heterocycles. The Bertz CT molecular complexity index is 1070. The SMILES string of the molecule is CCn1c(SCC(=O)N2CCN(Cc3ccc4c(c3)CCO4)CC2)nnc1-c1ccco1. The van der Waals surface area contributed by atoms with E-state index in [1.54, 1.807) is 6.26 Å². The van der Waals surface area contributed by atoms with E-state index in [1.165, 1.54) is 22.9 Å². The van der Waals surface area contributed by atoms with E-state index in [4.69, 9.17) is 9.15 Å². The van der Waals surface area contributed by atoms with Crippen molar-refractivity contribution in [1.82, 2.24) is 24.6 Å². The Labute approximate surface area is 191 Å². The van der Waals surface area contributed by atoms with Crippen LogP contribution in [0, 0.1) is 0 Å². The summed E-state index contributed by atoms with van der Waals surface area (Å²) in [5.41, 5.74) is 2.62.